The van der Waals surface area contributed by atoms with Crippen LogP contribution in [0.4, 0.5) is 16.2 Å². The molecule has 182 valence electrons. The van der Waals surface area contributed by atoms with Crippen molar-refractivity contribution in [3.05, 3.63) is 58.1 Å². The Hall–Kier alpha value is -2.32. The minimum absolute atomic E-state index is 0.173. The van der Waals surface area contributed by atoms with E-state index in [-0.39, 0.29) is 22.2 Å². The summed E-state index contributed by atoms with van der Waals surface area (Å²) in [6, 6.07) is 10.6. The van der Waals surface area contributed by atoms with Crippen LogP contribution in [0.25, 0.3) is 0 Å². The van der Waals surface area contributed by atoms with Gasteiger partial charge in [-0.15, -0.1) is 0 Å². The number of amides is 3. The average molecular weight is 505 g/mol. The molecule has 0 saturated carbocycles. The number of carbonyl (C=O) groups excluding carboxylic acids is 2. The van der Waals surface area contributed by atoms with E-state index in [4.69, 9.17) is 23.2 Å². The van der Waals surface area contributed by atoms with E-state index in [1.54, 1.807) is 30.3 Å². The summed E-state index contributed by atoms with van der Waals surface area (Å²) in [7, 11) is 0. The molecule has 0 unspecified atom stereocenters. The van der Waals surface area contributed by atoms with Gasteiger partial charge in [-0.2, -0.15) is 0 Å². The summed E-state index contributed by atoms with van der Waals surface area (Å²) < 4.78 is 0. The lowest BCUT2D eigenvalue weighted by Crippen LogP contribution is -2.63. The van der Waals surface area contributed by atoms with Crippen molar-refractivity contribution in [2.24, 2.45) is 11.8 Å². The van der Waals surface area contributed by atoms with Gasteiger partial charge in [-0.25, -0.2) is 4.79 Å². The Kier molecular flexibility index (Phi) is 7.38. The lowest BCUT2D eigenvalue weighted by atomic mass is 9.94. The van der Waals surface area contributed by atoms with Gasteiger partial charge in [0.2, 0.25) is 0 Å². The third-order valence-corrected chi connectivity index (χ3v) is 7.35. The first-order valence-corrected chi connectivity index (χ1v) is 12.3. The van der Waals surface area contributed by atoms with Gasteiger partial charge in [0.25, 0.3) is 11.6 Å². The molecule has 0 aliphatic carbocycles. The van der Waals surface area contributed by atoms with Gasteiger partial charge in [0.15, 0.2) is 0 Å². The highest BCUT2D eigenvalue weighted by atomic mass is 35.5. The van der Waals surface area contributed by atoms with Crippen LogP contribution in [-0.4, -0.2) is 48.1 Å². The van der Waals surface area contributed by atoms with E-state index < -0.39 is 17.7 Å². The van der Waals surface area contributed by atoms with Gasteiger partial charge in [0.1, 0.15) is 0 Å². The maximum Gasteiger partial charge on any atom is 0.329 e. The Morgan fingerprint density at radius 2 is 1.91 bits per heavy atom. The first kappa shape index (κ1) is 24.8. The molecule has 1 fully saturated rings. The Balaban J connectivity index is 1.58. The number of carbonyl (C=O) groups is 2. The fraction of sp³-hybridized carbons (Fsp3) is 0.440. The quantitative estimate of drug-likeness (QED) is 0.533. The van der Waals surface area contributed by atoms with Gasteiger partial charge >= 0.3 is 6.03 Å². The van der Waals surface area contributed by atoms with Gasteiger partial charge in [-0.1, -0.05) is 55.2 Å². The molecular weight excluding hydrogens is 475 g/mol. The molecule has 2 aliphatic heterocycles. The summed E-state index contributed by atoms with van der Waals surface area (Å²) in [6.45, 7) is 7.69. The van der Waals surface area contributed by atoms with Gasteiger partial charge in [-0.05, 0) is 62.0 Å². The fourth-order valence-electron chi connectivity index (χ4n) is 4.63. The van der Waals surface area contributed by atoms with Crippen LogP contribution >= 0.6 is 23.2 Å². The Bertz CT molecular complexity index is 1070. The molecule has 0 spiro atoms. The molecule has 0 aromatic heterocycles. The van der Waals surface area contributed by atoms with E-state index >= 15 is 0 Å². The van der Waals surface area contributed by atoms with Crippen molar-refractivity contribution in [1.29, 1.82) is 0 Å². The fourth-order valence-corrected chi connectivity index (χ4v) is 4.92. The molecule has 3 N–H and O–H groups in total. The maximum atomic E-state index is 13.5. The number of rotatable bonds is 6. The molecule has 2 atom stereocenters. The molecule has 2 aliphatic rings. The first-order chi connectivity index (χ1) is 16.2. The van der Waals surface area contributed by atoms with Crippen LogP contribution < -0.4 is 15.5 Å². The zero-order valence-electron chi connectivity index (χ0n) is 19.4. The van der Waals surface area contributed by atoms with Crippen LogP contribution in [-0.2, 0) is 10.5 Å². The summed E-state index contributed by atoms with van der Waals surface area (Å²) in [5.74, 6) is 0.248. The number of nitrogens with one attached hydrogen (secondary N) is 2. The zero-order valence-corrected chi connectivity index (χ0v) is 20.9. The molecule has 1 saturated heterocycles. The predicted octanol–water partition coefficient (Wildman–Crippen LogP) is 4.67. The van der Waals surface area contributed by atoms with Crippen LogP contribution in [0.2, 0.25) is 10.0 Å². The van der Waals surface area contributed by atoms with Gasteiger partial charge in [0.05, 0.1) is 21.4 Å². The number of piperidine rings is 1. The van der Waals surface area contributed by atoms with Crippen LogP contribution in [0.5, 0.6) is 0 Å². The second kappa shape index (κ2) is 10.1. The normalized spacial score (nSPS) is 22.1. The van der Waals surface area contributed by atoms with Crippen molar-refractivity contribution in [2.75, 3.05) is 36.4 Å². The summed E-state index contributed by atoms with van der Waals surface area (Å²) in [4.78, 5) is 30.1. The molecule has 9 heteroatoms. The zero-order chi connectivity index (χ0) is 24.5. The number of hydrogen-bond acceptors (Lipinski definition) is 4. The smallest absolute Gasteiger partial charge is 0.329 e. The minimum atomic E-state index is -2.27. The number of para-hydroxylation sites is 1. The van der Waals surface area contributed by atoms with E-state index in [1.807, 2.05) is 0 Å². The van der Waals surface area contributed by atoms with Gasteiger partial charge in [-0.3, -0.25) is 9.69 Å². The molecule has 4 rings (SSSR count). The molecule has 7 nitrogen and oxygen atoms in total. The topological polar surface area (TPSA) is 84.9 Å². The molecule has 0 bridgehead atoms. The summed E-state index contributed by atoms with van der Waals surface area (Å²) in [5, 5.41) is 18.0. The standard InChI is InChI=1S/C25H30Cl2N4O3/c1-16-9-11-30(12-10-16)15-17(2)14-28-23(32)25(34)19-5-3-4-6-22(19)29-24(33)31(25)18-7-8-20(26)21(27)13-18/h3-8,13,16-17,34H,9-12,14-15H2,1-2H3,(H,28,32)(H,29,33)/t17-,25-/m1/s1. The van der Waals surface area contributed by atoms with Gasteiger partial charge < -0.3 is 20.6 Å². The van der Waals surface area contributed by atoms with E-state index in [0.29, 0.717) is 17.3 Å². The number of benzene rings is 2. The van der Waals surface area contributed by atoms with Crippen molar-refractivity contribution in [3.8, 4) is 0 Å². The van der Waals surface area contributed by atoms with E-state index in [0.717, 1.165) is 30.5 Å². The lowest BCUT2D eigenvalue weighted by Gasteiger charge is -2.43. The molecule has 2 heterocycles. The molecule has 34 heavy (non-hydrogen) atoms. The van der Waals surface area contributed by atoms with Crippen molar-refractivity contribution in [1.82, 2.24) is 10.2 Å². The number of likely N-dealkylation sites (tertiary alicyclic amines) is 1. The maximum absolute atomic E-state index is 13.5. The van der Waals surface area contributed by atoms with Crippen molar-refractivity contribution in [2.45, 2.75) is 32.4 Å². The van der Waals surface area contributed by atoms with Crippen LogP contribution in [0.3, 0.4) is 0 Å². The number of anilines is 2. The number of hydrogen-bond donors (Lipinski definition) is 3. The van der Waals surface area contributed by atoms with Crippen LogP contribution in [0.1, 0.15) is 32.3 Å². The van der Waals surface area contributed by atoms with E-state index in [2.05, 4.69) is 29.4 Å². The van der Waals surface area contributed by atoms with Crippen molar-refractivity contribution in [3.63, 3.8) is 0 Å². The molecule has 2 aromatic carbocycles. The number of aliphatic hydroxyl groups is 1. The Morgan fingerprint density at radius 1 is 1.21 bits per heavy atom. The van der Waals surface area contributed by atoms with Crippen molar-refractivity contribution >= 4 is 46.5 Å². The molecular formula is C25H30Cl2N4O3. The molecule has 2 aromatic rings. The van der Waals surface area contributed by atoms with Gasteiger partial charge in [0, 0.05) is 18.7 Å². The Labute approximate surface area is 210 Å². The number of urea groups is 1. The lowest BCUT2D eigenvalue weighted by molar-refractivity contribution is -0.140. The summed E-state index contributed by atoms with van der Waals surface area (Å²) in [6.07, 6.45) is 2.37. The third-order valence-electron chi connectivity index (χ3n) is 6.61. The highest BCUT2D eigenvalue weighted by Crippen LogP contribution is 2.41. The highest BCUT2D eigenvalue weighted by Gasteiger charge is 2.52. The third kappa shape index (κ3) is 4.89. The van der Waals surface area contributed by atoms with Crippen LogP contribution in [0.15, 0.2) is 42.5 Å². The Morgan fingerprint density at radius 3 is 2.62 bits per heavy atom. The second-order valence-corrected chi connectivity index (χ2v) is 10.2. The first-order valence-electron chi connectivity index (χ1n) is 11.6. The largest absolute Gasteiger partial charge is 0.359 e. The summed E-state index contributed by atoms with van der Waals surface area (Å²) in [5.41, 5.74) is -1.38. The van der Waals surface area contributed by atoms with Crippen LogP contribution in [0, 0.1) is 11.8 Å². The number of fused-ring (bicyclic) bond motifs is 1. The van der Waals surface area contributed by atoms with Crippen molar-refractivity contribution < 1.29 is 14.7 Å². The number of nitrogens with zero attached hydrogens (tertiary/aromatic N) is 2. The highest BCUT2D eigenvalue weighted by molar-refractivity contribution is 6.42. The summed E-state index contributed by atoms with van der Waals surface area (Å²) >= 11 is 12.2. The SMILES string of the molecule is CC1CCN(C[C@H](C)CNC(=O)[C@]2(O)c3ccccc3NC(=O)N2c2ccc(Cl)c(Cl)c2)CC1. The molecule has 3 amide bonds. The molecule has 0 radical (unpaired) electrons. The van der Waals surface area contributed by atoms with E-state index in [9.17, 15) is 14.7 Å². The average Bonchev–Trinajstić information content (AvgIpc) is 2.81. The second-order valence-electron chi connectivity index (χ2n) is 9.38. The monoisotopic (exact) mass is 504 g/mol. The minimum Gasteiger partial charge on any atom is -0.359 e. The van der Waals surface area contributed by atoms with E-state index in [1.165, 1.54) is 25.0 Å². The number of halogens is 2. The predicted molar refractivity (Wildman–Crippen MR) is 135 cm³/mol.